The number of rotatable bonds is 7. The van der Waals surface area contributed by atoms with Gasteiger partial charge in [-0.1, -0.05) is 19.1 Å². The maximum Gasteiger partial charge on any atom is 0.335 e. The summed E-state index contributed by atoms with van der Waals surface area (Å²) in [6.07, 6.45) is 0.931. The SMILES string of the molecule is CCc1ccc(OCC(=O)Nc2cc(C(=O)O)ccc2OC)cc1. The lowest BCUT2D eigenvalue weighted by Gasteiger charge is -2.12. The number of methoxy groups -OCH3 is 1. The summed E-state index contributed by atoms with van der Waals surface area (Å²) < 4.78 is 10.5. The van der Waals surface area contributed by atoms with Crippen LogP contribution >= 0.6 is 0 Å². The lowest BCUT2D eigenvalue weighted by molar-refractivity contribution is -0.118. The van der Waals surface area contributed by atoms with Gasteiger partial charge < -0.3 is 19.9 Å². The van der Waals surface area contributed by atoms with E-state index in [1.807, 2.05) is 12.1 Å². The van der Waals surface area contributed by atoms with Crippen molar-refractivity contribution < 1.29 is 24.2 Å². The second-order valence-corrected chi connectivity index (χ2v) is 5.05. The Kier molecular flexibility index (Phi) is 5.78. The highest BCUT2D eigenvalue weighted by molar-refractivity contribution is 5.96. The first kappa shape index (κ1) is 17.3. The van der Waals surface area contributed by atoms with Crippen LogP contribution in [0.25, 0.3) is 0 Å². The third-order valence-corrected chi connectivity index (χ3v) is 3.42. The van der Waals surface area contributed by atoms with Gasteiger partial charge >= 0.3 is 5.97 Å². The van der Waals surface area contributed by atoms with Gasteiger partial charge in [-0.15, -0.1) is 0 Å². The molecule has 0 atom stereocenters. The summed E-state index contributed by atoms with van der Waals surface area (Å²) in [4.78, 5) is 23.0. The zero-order valence-electron chi connectivity index (χ0n) is 13.5. The summed E-state index contributed by atoms with van der Waals surface area (Å²) in [6, 6.07) is 11.7. The van der Waals surface area contributed by atoms with Gasteiger partial charge in [0.15, 0.2) is 6.61 Å². The highest BCUT2D eigenvalue weighted by Gasteiger charge is 2.12. The van der Waals surface area contributed by atoms with Gasteiger partial charge in [0, 0.05) is 0 Å². The molecule has 0 fully saturated rings. The van der Waals surface area contributed by atoms with E-state index < -0.39 is 11.9 Å². The summed E-state index contributed by atoms with van der Waals surface area (Å²) >= 11 is 0. The second kappa shape index (κ2) is 8.01. The van der Waals surface area contributed by atoms with Crippen LogP contribution in [0.15, 0.2) is 42.5 Å². The smallest absolute Gasteiger partial charge is 0.335 e. The van der Waals surface area contributed by atoms with Gasteiger partial charge in [0.25, 0.3) is 5.91 Å². The largest absolute Gasteiger partial charge is 0.495 e. The zero-order valence-corrected chi connectivity index (χ0v) is 13.5. The van der Waals surface area contributed by atoms with Crippen LogP contribution in [0.5, 0.6) is 11.5 Å². The van der Waals surface area contributed by atoms with Crippen molar-refractivity contribution in [1.82, 2.24) is 0 Å². The molecule has 2 N–H and O–H groups in total. The highest BCUT2D eigenvalue weighted by Crippen LogP contribution is 2.25. The Morgan fingerprint density at radius 1 is 1.12 bits per heavy atom. The van der Waals surface area contributed by atoms with Gasteiger partial charge in [0.1, 0.15) is 11.5 Å². The number of anilines is 1. The molecule has 0 bridgehead atoms. The minimum Gasteiger partial charge on any atom is -0.495 e. The third-order valence-electron chi connectivity index (χ3n) is 3.42. The number of nitrogens with one attached hydrogen (secondary N) is 1. The first-order valence-corrected chi connectivity index (χ1v) is 7.46. The molecule has 0 heterocycles. The van der Waals surface area contributed by atoms with Gasteiger partial charge in [-0.05, 0) is 42.3 Å². The van der Waals surface area contributed by atoms with Crippen LogP contribution < -0.4 is 14.8 Å². The number of carbonyl (C=O) groups is 2. The molecule has 0 aromatic heterocycles. The molecule has 0 saturated carbocycles. The highest BCUT2D eigenvalue weighted by atomic mass is 16.5. The van der Waals surface area contributed by atoms with Crippen molar-refractivity contribution in [3.8, 4) is 11.5 Å². The fourth-order valence-electron chi connectivity index (χ4n) is 2.10. The predicted octanol–water partition coefficient (Wildman–Crippen LogP) is 2.97. The Balaban J connectivity index is 2.00. The molecule has 2 rings (SSSR count). The summed E-state index contributed by atoms with van der Waals surface area (Å²) in [5.41, 5.74) is 1.52. The predicted molar refractivity (Wildman–Crippen MR) is 89.9 cm³/mol. The Labute approximate surface area is 140 Å². The molecule has 0 aliphatic rings. The van der Waals surface area contributed by atoms with E-state index in [-0.39, 0.29) is 17.9 Å². The average molecular weight is 329 g/mol. The molecule has 126 valence electrons. The number of benzene rings is 2. The molecule has 6 heteroatoms. The fourth-order valence-corrected chi connectivity index (χ4v) is 2.10. The fraction of sp³-hybridized carbons (Fsp3) is 0.222. The number of aryl methyl sites for hydroxylation is 1. The number of carboxylic acids is 1. The van der Waals surface area contributed by atoms with Crippen molar-refractivity contribution in [3.05, 3.63) is 53.6 Å². The van der Waals surface area contributed by atoms with Crippen LogP contribution in [0.3, 0.4) is 0 Å². The monoisotopic (exact) mass is 329 g/mol. The van der Waals surface area contributed by atoms with Crippen molar-refractivity contribution in [2.24, 2.45) is 0 Å². The maximum atomic E-state index is 12.0. The van der Waals surface area contributed by atoms with E-state index in [0.29, 0.717) is 11.5 Å². The molecule has 0 aliphatic carbocycles. The number of amides is 1. The molecule has 0 spiro atoms. The number of ether oxygens (including phenoxy) is 2. The van der Waals surface area contributed by atoms with Crippen LogP contribution in [-0.2, 0) is 11.2 Å². The van der Waals surface area contributed by atoms with Crippen LogP contribution in [0.2, 0.25) is 0 Å². The van der Waals surface area contributed by atoms with Crippen LogP contribution in [0, 0.1) is 0 Å². The molecule has 2 aromatic carbocycles. The molecule has 0 unspecified atom stereocenters. The van der Waals surface area contributed by atoms with E-state index in [1.165, 1.54) is 30.9 Å². The van der Waals surface area contributed by atoms with Crippen LogP contribution in [-0.4, -0.2) is 30.7 Å². The van der Waals surface area contributed by atoms with Crippen molar-refractivity contribution in [1.29, 1.82) is 0 Å². The third kappa shape index (κ3) is 4.49. The van der Waals surface area contributed by atoms with Crippen molar-refractivity contribution in [3.63, 3.8) is 0 Å². The number of carbonyl (C=O) groups excluding carboxylic acids is 1. The van der Waals surface area contributed by atoms with E-state index in [2.05, 4.69) is 12.2 Å². The molecule has 0 aliphatic heterocycles. The zero-order chi connectivity index (χ0) is 17.5. The number of hydrogen-bond acceptors (Lipinski definition) is 4. The normalized spacial score (nSPS) is 10.1. The quantitative estimate of drug-likeness (QED) is 0.816. The maximum absolute atomic E-state index is 12.0. The molecule has 0 saturated heterocycles. The van der Waals surface area contributed by atoms with Gasteiger partial charge in [-0.3, -0.25) is 4.79 Å². The minimum absolute atomic E-state index is 0.0576. The number of aromatic carboxylic acids is 1. The molecule has 24 heavy (non-hydrogen) atoms. The first-order valence-electron chi connectivity index (χ1n) is 7.46. The summed E-state index contributed by atoms with van der Waals surface area (Å²) in [7, 11) is 1.44. The van der Waals surface area contributed by atoms with Crippen molar-refractivity contribution >= 4 is 17.6 Å². The molecular weight excluding hydrogens is 310 g/mol. The minimum atomic E-state index is -1.08. The summed E-state index contributed by atoms with van der Waals surface area (Å²) in [5, 5.41) is 11.6. The van der Waals surface area contributed by atoms with Gasteiger partial charge in [-0.25, -0.2) is 4.79 Å². The van der Waals surface area contributed by atoms with Gasteiger partial charge in [0.05, 0.1) is 18.4 Å². The molecule has 1 amide bonds. The van der Waals surface area contributed by atoms with E-state index in [4.69, 9.17) is 14.6 Å². The van der Waals surface area contributed by atoms with Crippen molar-refractivity contribution in [2.45, 2.75) is 13.3 Å². The standard InChI is InChI=1S/C18H19NO5/c1-3-12-4-7-14(8-5-12)24-11-17(20)19-15-10-13(18(21)22)6-9-16(15)23-2/h4-10H,3,11H2,1-2H3,(H,19,20)(H,21,22). The Morgan fingerprint density at radius 3 is 2.42 bits per heavy atom. The number of hydrogen-bond donors (Lipinski definition) is 2. The first-order chi connectivity index (χ1) is 11.5. The molecule has 2 aromatic rings. The van der Waals surface area contributed by atoms with E-state index in [0.717, 1.165) is 6.42 Å². The second-order valence-electron chi connectivity index (χ2n) is 5.05. The Bertz CT molecular complexity index is 725. The van der Waals surface area contributed by atoms with Gasteiger partial charge in [-0.2, -0.15) is 0 Å². The molecule has 0 radical (unpaired) electrons. The number of carboxylic acid groups (broad SMARTS) is 1. The molecule has 6 nitrogen and oxygen atoms in total. The topological polar surface area (TPSA) is 84.9 Å². The van der Waals surface area contributed by atoms with E-state index in [1.54, 1.807) is 12.1 Å². The molecular formula is C18H19NO5. The lowest BCUT2D eigenvalue weighted by atomic mass is 10.2. The van der Waals surface area contributed by atoms with Gasteiger partial charge in [0.2, 0.25) is 0 Å². The summed E-state index contributed by atoms with van der Waals surface area (Å²) in [6.45, 7) is 1.87. The van der Waals surface area contributed by atoms with Crippen LogP contribution in [0.1, 0.15) is 22.8 Å². The lowest BCUT2D eigenvalue weighted by Crippen LogP contribution is -2.20. The van der Waals surface area contributed by atoms with Crippen molar-refractivity contribution in [2.75, 3.05) is 19.0 Å². The Morgan fingerprint density at radius 2 is 1.83 bits per heavy atom. The van der Waals surface area contributed by atoms with Crippen LogP contribution in [0.4, 0.5) is 5.69 Å². The summed E-state index contributed by atoms with van der Waals surface area (Å²) in [5.74, 6) is -0.523. The van der Waals surface area contributed by atoms with E-state index >= 15 is 0 Å². The van der Waals surface area contributed by atoms with E-state index in [9.17, 15) is 9.59 Å². The average Bonchev–Trinajstić information content (AvgIpc) is 2.60. The Hall–Kier alpha value is -3.02.